The summed E-state index contributed by atoms with van der Waals surface area (Å²) in [7, 11) is 0. The maximum absolute atomic E-state index is 13.5. The van der Waals surface area contributed by atoms with Gasteiger partial charge in [0.1, 0.15) is 23.3 Å². The predicted octanol–water partition coefficient (Wildman–Crippen LogP) is 4.38. The van der Waals surface area contributed by atoms with Crippen LogP contribution in [-0.4, -0.2) is 18.2 Å². The molecule has 2 aromatic carbocycles. The fraction of sp³-hybridized carbons (Fsp3) is 0.176. The first-order valence-corrected chi connectivity index (χ1v) is 7.12. The number of hydrogen-bond donors (Lipinski definition) is 0. The van der Waals surface area contributed by atoms with Crippen molar-refractivity contribution in [2.24, 2.45) is 10.3 Å². The van der Waals surface area contributed by atoms with Gasteiger partial charge in [0.15, 0.2) is 0 Å². The molecule has 2 aromatic rings. The second kappa shape index (κ2) is 8.27. The van der Waals surface area contributed by atoms with Gasteiger partial charge in [0, 0.05) is 23.3 Å². The average Bonchev–Trinajstić information content (AvgIpc) is 2.54. The van der Waals surface area contributed by atoms with Gasteiger partial charge in [-0.25, -0.2) is 17.6 Å². The van der Waals surface area contributed by atoms with Crippen LogP contribution in [-0.2, 0) is 9.68 Å². The molecule has 0 saturated carbocycles. The van der Waals surface area contributed by atoms with E-state index in [4.69, 9.17) is 9.68 Å². The lowest BCUT2D eigenvalue weighted by Gasteiger charge is -2.05. The second-order valence-electron chi connectivity index (χ2n) is 4.98. The van der Waals surface area contributed by atoms with E-state index in [0.29, 0.717) is 0 Å². The summed E-state index contributed by atoms with van der Waals surface area (Å²) in [6.07, 6.45) is 0. The molecule has 4 nitrogen and oxygen atoms in total. The van der Waals surface area contributed by atoms with E-state index >= 15 is 0 Å². The highest BCUT2D eigenvalue weighted by molar-refractivity contribution is 5.99. The third kappa shape index (κ3) is 5.03. The van der Waals surface area contributed by atoms with Crippen molar-refractivity contribution in [2.45, 2.75) is 13.8 Å². The lowest BCUT2D eigenvalue weighted by Crippen LogP contribution is -2.03. The Hall–Kier alpha value is -2.90. The zero-order chi connectivity index (χ0) is 18.4. The molecule has 2 rings (SSSR count). The molecule has 25 heavy (non-hydrogen) atoms. The van der Waals surface area contributed by atoms with E-state index in [-0.39, 0.29) is 22.6 Å². The van der Waals surface area contributed by atoms with Crippen LogP contribution in [0.15, 0.2) is 46.7 Å². The molecule has 0 saturated heterocycles. The van der Waals surface area contributed by atoms with E-state index in [1.54, 1.807) is 0 Å². The molecule has 0 aliphatic heterocycles. The number of halogens is 4. The number of nitrogens with zero attached hydrogens (tertiary/aromatic N) is 2. The van der Waals surface area contributed by atoms with Crippen LogP contribution in [0.4, 0.5) is 17.6 Å². The molecule has 0 aliphatic rings. The maximum Gasteiger partial charge on any atom is 0.280 e. The molecule has 0 N–H and O–H groups in total. The Balaban J connectivity index is 1.91. The van der Waals surface area contributed by atoms with Crippen LogP contribution < -0.4 is 0 Å². The predicted molar refractivity (Wildman–Crippen MR) is 84.2 cm³/mol. The number of benzene rings is 2. The maximum atomic E-state index is 13.5. The van der Waals surface area contributed by atoms with E-state index in [1.807, 2.05) is 0 Å². The molecule has 0 bridgehead atoms. The first-order chi connectivity index (χ1) is 11.9. The molecule has 0 heterocycles. The standard InChI is InChI=1S/C17H14F4N2O2/c1-10(14-5-3-12(18)7-16(14)20)22-24-9-25-23-11(2)15-6-4-13(19)8-17(15)21/h3-8H,9H2,1-2H3. The molecule has 0 fully saturated rings. The molecule has 0 aliphatic carbocycles. The minimum atomic E-state index is -0.772. The monoisotopic (exact) mass is 354 g/mol. The summed E-state index contributed by atoms with van der Waals surface area (Å²) in [5.74, 6) is -2.94. The Morgan fingerprint density at radius 2 is 1.16 bits per heavy atom. The van der Waals surface area contributed by atoms with Crippen molar-refractivity contribution in [1.82, 2.24) is 0 Å². The Kier molecular flexibility index (Phi) is 6.10. The van der Waals surface area contributed by atoms with Crippen molar-refractivity contribution in [3.05, 3.63) is 70.8 Å². The van der Waals surface area contributed by atoms with Gasteiger partial charge in [-0.15, -0.1) is 0 Å². The molecule has 0 atom stereocenters. The molecule has 132 valence electrons. The van der Waals surface area contributed by atoms with Crippen molar-refractivity contribution in [1.29, 1.82) is 0 Å². The molecular weight excluding hydrogens is 340 g/mol. The molecule has 0 aromatic heterocycles. The Morgan fingerprint density at radius 1 is 0.760 bits per heavy atom. The van der Waals surface area contributed by atoms with E-state index in [9.17, 15) is 17.6 Å². The van der Waals surface area contributed by atoms with Gasteiger partial charge in [-0.05, 0) is 38.1 Å². The van der Waals surface area contributed by atoms with Gasteiger partial charge >= 0.3 is 0 Å². The van der Waals surface area contributed by atoms with Gasteiger partial charge in [0.2, 0.25) is 0 Å². The van der Waals surface area contributed by atoms with Gasteiger partial charge in [0.05, 0.1) is 11.4 Å². The minimum absolute atomic E-state index is 0.0782. The van der Waals surface area contributed by atoms with E-state index in [0.717, 1.165) is 24.3 Å². The van der Waals surface area contributed by atoms with E-state index in [2.05, 4.69) is 10.3 Å². The molecule has 0 radical (unpaired) electrons. The van der Waals surface area contributed by atoms with Crippen LogP contribution in [0.25, 0.3) is 0 Å². The van der Waals surface area contributed by atoms with E-state index < -0.39 is 30.1 Å². The zero-order valence-electron chi connectivity index (χ0n) is 13.4. The topological polar surface area (TPSA) is 43.2 Å². The SMILES string of the molecule is CC(=NOCON=C(C)c1ccc(F)cc1F)c1ccc(F)cc1F. The molecule has 0 amide bonds. The molecular formula is C17H14F4N2O2. The number of rotatable bonds is 6. The average molecular weight is 354 g/mol. The molecule has 0 spiro atoms. The Labute approximate surface area is 141 Å². The third-order valence-corrected chi connectivity index (χ3v) is 3.15. The first kappa shape index (κ1) is 18.4. The summed E-state index contributed by atoms with van der Waals surface area (Å²) in [6, 6.07) is 6.11. The van der Waals surface area contributed by atoms with Crippen LogP contribution in [0.5, 0.6) is 0 Å². The highest BCUT2D eigenvalue weighted by atomic mass is 19.1. The summed E-state index contributed by atoms with van der Waals surface area (Å²) in [4.78, 5) is 9.63. The van der Waals surface area contributed by atoms with E-state index in [1.165, 1.54) is 26.0 Å². The third-order valence-electron chi connectivity index (χ3n) is 3.15. The fourth-order valence-corrected chi connectivity index (χ4v) is 1.93. The normalized spacial score (nSPS) is 12.2. The Morgan fingerprint density at radius 3 is 1.52 bits per heavy atom. The van der Waals surface area contributed by atoms with Crippen molar-refractivity contribution in [3.8, 4) is 0 Å². The summed E-state index contributed by atoms with van der Waals surface area (Å²) in [5, 5.41) is 7.24. The highest BCUT2D eigenvalue weighted by Crippen LogP contribution is 2.12. The van der Waals surface area contributed by atoms with Crippen LogP contribution >= 0.6 is 0 Å². The smallest absolute Gasteiger partial charge is 0.280 e. The highest BCUT2D eigenvalue weighted by Gasteiger charge is 2.08. The first-order valence-electron chi connectivity index (χ1n) is 7.12. The van der Waals surface area contributed by atoms with Gasteiger partial charge in [-0.1, -0.05) is 10.3 Å². The molecule has 0 unspecified atom stereocenters. The van der Waals surface area contributed by atoms with Crippen LogP contribution in [0.2, 0.25) is 0 Å². The largest absolute Gasteiger partial charge is 0.352 e. The van der Waals surface area contributed by atoms with Crippen LogP contribution in [0.3, 0.4) is 0 Å². The second-order valence-corrected chi connectivity index (χ2v) is 4.98. The fourth-order valence-electron chi connectivity index (χ4n) is 1.93. The lowest BCUT2D eigenvalue weighted by atomic mass is 10.1. The van der Waals surface area contributed by atoms with Crippen LogP contribution in [0, 0.1) is 23.3 Å². The van der Waals surface area contributed by atoms with Crippen LogP contribution in [0.1, 0.15) is 25.0 Å². The molecule has 8 heteroatoms. The van der Waals surface area contributed by atoms with Crippen molar-refractivity contribution >= 4 is 11.4 Å². The quantitative estimate of drug-likeness (QED) is 0.254. The van der Waals surface area contributed by atoms with Gasteiger partial charge in [0.25, 0.3) is 6.79 Å². The van der Waals surface area contributed by atoms with Crippen molar-refractivity contribution in [3.63, 3.8) is 0 Å². The van der Waals surface area contributed by atoms with Crippen molar-refractivity contribution in [2.75, 3.05) is 6.79 Å². The van der Waals surface area contributed by atoms with Gasteiger partial charge < -0.3 is 9.68 Å². The summed E-state index contributed by atoms with van der Waals surface area (Å²) in [5.41, 5.74) is 0.502. The van der Waals surface area contributed by atoms with Crippen molar-refractivity contribution < 1.29 is 27.2 Å². The number of hydrogen-bond acceptors (Lipinski definition) is 4. The summed E-state index contributed by atoms with van der Waals surface area (Å²) >= 11 is 0. The van der Waals surface area contributed by atoms with Gasteiger partial charge in [-0.2, -0.15) is 0 Å². The van der Waals surface area contributed by atoms with Gasteiger partial charge in [-0.3, -0.25) is 0 Å². The zero-order valence-corrected chi connectivity index (χ0v) is 13.4. The summed E-state index contributed by atoms with van der Waals surface area (Å²) < 4.78 is 52.8. The Bertz CT molecular complexity index is 755. The number of oxime groups is 2. The minimum Gasteiger partial charge on any atom is -0.352 e. The summed E-state index contributed by atoms with van der Waals surface area (Å²) in [6.45, 7) is 2.53. The lowest BCUT2D eigenvalue weighted by molar-refractivity contribution is -0.0505.